The first kappa shape index (κ1) is 20.5. The van der Waals surface area contributed by atoms with Crippen LogP contribution in [0.25, 0.3) is 0 Å². The molecule has 0 N–H and O–H groups in total. The molecule has 1 aliphatic heterocycles. The van der Waals surface area contributed by atoms with Crippen molar-refractivity contribution in [2.45, 2.75) is 6.92 Å². The van der Waals surface area contributed by atoms with Crippen molar-refractivity contribution in [2.24, 2.45) is 0 Å². The summed E-state index contributed by atoms with van der Waals surface area (Å²) in [6.07, 6.45) is 1.18. The molecule has 2 aromatic carbocycles. The van der Waals surface area contributed by atoms with Crippen molar-refractivity contribution in [1.29, 1.82) is 0 Å². The minimum atomic E-state index is -3.33. The number of benzene rings is 2. The Morgan fingerprint density at radius 1 is 1.07 bits per heavy atom. The quantitative estimate of drug-likeness (QED) is 0.744. The fraction of sp³-hybridized carbons (Fsp3) is 0.350. The predicted octanol–water partition coefficient (Wildman–Crippen LogP) is 3.09. The lowest BCUT2D eigenvalue weighted by Crippen LogP contribution is -2.48. The highest BCUT2D eigenvalue weighted by Gasteiger charge is 2.23. The van der Waals surface area contributed by atoms with Gasteiger partial charge in [-0.15, -0.1) is 0 Å². The summed E-state index contributed by atoms with van der Waals surface area (Å²) in [5.41, 5.74) is 2.18. The van der Waals surface area contributed by atoms with E-state index in [1.807, 2.05) is 29.2 Å². The number of anilines is 2. The number of carbonyl (C=O) groups is 1. The molecule has 1 heterocycles. The third kappa shape index (κ3) is 4.59. The lowest BCUT2D eigenvalue weighted by Gasteiger charge is -2.36. The fourth-order valence-electron chi connectivity index (χ4n) is 3.40. The summed E-state index contributed by atoms with van der Waals surface area (Å²) < 4.78 is 25.0. The lowest BCUT2D eigenvalue weighted by atomic mass is 10.1. The number of carbonyl (C=O) groups excluding carboxylic acids is 1. The fourth-order valence-corrected chi connectivity index (χ4v) is 4.56. The van der Waals surface area contributed by atoms with Gasteiger partial charge >= 0.3 is 0 Å². The molecular weight excluding hydrogens is 398 g/mol. The van der Waals surface area contributed by atoms with Crippen LogP contribution in [0.2, 0.25) is 5.02 Å². The minimum Gasteiger partial charge on any atom is -0.368 e. The van der Waals surface area contributed by atoms with Crippen molar-refractivity contribution in [3.05, 3.63) is 59.1 Å². The molecule has 2 aromatic rings. The highest BCUT2D eigenvalue weighted by Crippen LogP contribution is 2.22. The molecule has 0 aromatic heterocycles. The van der Waals surface area contributed by atoms with Crippen LogP contribution < -0.4 is 9.21 Å². The molecule has 6 nitrogen and oxygen atoms in total. The van der Waals surface area contributed by atoms with Gasteiger partial charge in [0.1, 0.15) is 0 Å². The molecule has 1 fully saturated rings. The van der Waals surface area contributed by atoms with E-state index in [1.165, 1.54) is 10.6 Å². The molecule has 150 valence electrons. The number of piperazine rings is 1. The summed E-state index contributed by atoms with van der Waals surface area (Å²) in [5, 5.41) is 0.700. The first-order chi connectivity index (χ1) is 13.3. The van der Waals surface area contributed by atoms with Gasteiger partial charge in [-0.1, -0.05) is 17.7 Å². The Morgan fingerprint density at radius 2 is 1.71 bits per heavy atom. The Kier molecular flexibility index (Phi) is 6.15. The minimum absolute atomic E-state index is 0.0419. The third-order valence-corrected chi connectivity index (χ3v) is 6.33. The first-order valence-electron chi connectivity index (χ1n) is 9.17. The molecule has 0 spiro atoms. The van der Waals surface area contributed by atoms with Crippen LogP contribution in [0.15, 0.2) is 48.5 Å². The Labute approximate surface area is 171 Å². The van der Waals surface area contributed by atoms with Crippen molar-refractivity contribution < 1.29 is 13.2 Å². The van der Waals surface area contributed by atoms with Crippen molar-refractivity contribution in [2.75, 3.05) is 48.2 Å². The van der Waals surface area contributed by atoms with E-state index >= 15 is 0 Å². The van der Waals surface area contributed by atoms with E-state index in [4.69, 9.17) is 11.6 Å². The highest BCUT2D eigenvalue weighted by atomic mass is 35.5. The van der Waals surface area contributed by atoms with Gasteiger partial charge in [0.05, 0.1) is 11.9 Å². The van der Waals surface area contributed by atoms with Crippen molar-refractivity contribution >= 4 is 38.9 Å². The SMILES string of the molecule is CCN(c1ccc(C(=O)N2CCN(c3cccc(Cl)c3)CC2)cc1)S(C)(=O)=O. The van der Waals surface area contributed by atoms with Gasteiger partial charge < -0.3 is 9.80 Å². The molecule has 0 radical (unpaired) electrons. The van der Waals surface area contributed by atoms with E-state index in [-0.39, 0.29) is 5.91 Å². The van der Waals surface area contributed by atoms with Gasteiger partial charge in [0, 0.05) is 49.0 Å². The molecule has 1 aliphatic rings. The average molecular weight is 422 g/mol. The second kappa shape index (κ2) is 8.41. The molecule has 0 atom stereocenters. The van der Waals surface area contributed by atoms with E-state index in [1.54, 1.807) is 31.2 Å². The standard InChI is InChI=1S/C20H24ClN3O3S/c1-3-24(28(2,26)27)18-9-7-16(8-10-18)20(25)23-13-11-22(12-14-23)19-6-4-5-17(21)15-19/h4-10,15H,3,11-14H2,1-2H3. The number of sulfonamides is 1. The maximum atomic E-state index is 12.8. The van der Waals surface area contributed by atoms with E-state index in [9.17, 15) is 13.2 Å². The van der Waals surface area contributed by atoms with Crippen molar-refractivity contribution in [3.63, 3.8) is 0 Å². The largest absolute Gasteiger partial charge is 0.368 e. The first-order valence-corrected chi connectivity index (χ1v) is 11.4. The Morgan fingerprint density at radius 3 is 2.25 bits per heavy atom. The van der Waals surface area contributed by atoms with Crippen LogP contribution in [0, 0.1) is 0 Å². The van der Waals surface area contributed by atoms with Crippen LogP contribution in [0.1, 0.15) is 17.3 Å². The van der Waals surface area contributed by atoms with E-state index in [2.05, 4.69) is 4.90 Å². The van der Waals surface area contributed by atoms with E-state index in [0.29, 0.717) is 35.9 Å². The van der Waals surface area contributed by atoms with Crippen LogP contribution in [-0.4, -0.2) is 58.2 Å². The molecule has 8 heteroatoms. The monoisotopic (exact) mass is 421 g/mol. The van der Waals surface area contributed by atoms with Crippen molar-refractivity contribution in [1.82, 2.24) is 4.90 Å². The van der Waals surface area contributed by atoms with Crippen LogP contribution in [0.3, 0.4) is 0 Å². The van der Waals surface area contributed by atoms with Gasteiger partial charge in [0.2, 0.25) is 10.0 Å². The molecule has 1 saturated heterocycles. The Balaban J connectivity index is 1.65. The third-order valence-electron chi connectivity index (χ3n) is 4.83. The van der Waals surface area contributed by atoms with Crippen LogP contribution in [0.5, 0.6) is 0 Å². The summed E-state index contributed by atoms with van der Waals surface area (Å²) in [5.74, 6) is -0.0419. The second-order valence-corrected chi connectivity index (χ2v) is 9.08. The van der Waals surface area contributed by atoms with Gasteiger partial charge in [-0.3, -0.25) is 9.10 Å². The number of halogens is 1. The van der Waals surface area contributed by atoms with Gasteiger partial charge in [-0.2, -0.15) is 0 Å². The lowest BCUT2D eigenvalue weighted by molar-refractivity contribution is 0.0747. The topological polar surface area (TPSA) is 60.9 Å². The zero-order valence-corrected chi connectivity index (χ0v) is 17.6. The zero-order chi connectivity index (χ0) is 20.3. The van der Waals surface area contributed by atoms with Crippen molar-refractivity contribution in [3.8, 4) is 0 Å². The molecule has 0 aliphatic carbocycles. The molecule has 28 heavy (non-hydrogen) atoms. The number of amides is 1. The average Bonchev–Trinajstić information content (AvgIpc) is 2.67. The van der Waals surface area contributed by atoms with E-state index in [0.717, 1.165) is 18.8 Å². The zero-order valence-electron chi connectivity index (χ0n) is 16.0. The van der Waals surface area contributed by atoms with Gasteiger partial charge in [0.15, 0.2) is 0 Å². The van der Waals surface area contributed by atoms with Gasteiger partial charge in [-0.25, -0.2) is 8.42 Å². The molecule has 0 unspecified atom stereocenters. The molecule has 3 rings (SSSR count). The number of nitrogens with zero attached hydrogens (tertiary/aromatic N) is 3. The Hall–Kier alpha value is -2.25. The summed E-state index contributed by atoms with van der Waals surface area (Å²) in [7, 11) is -3.33. The highest BCUT2D eigenvalue weighted by molar-refractivity contribution is 7.92. The summed E-state index contributed by atoms with van der Waals surface area (Å²) in [6.45, 7) is 4.84. The maximum absolute atomic E-state index is 12.8. The van der Waals surface area contributed by atoms with Gasteiger partial charge in [-0.05, 0) is 49.4 Å². The molecule has 1 amide bonds. The van der Waals surface area contributed by atoms with Crippen LogP contribution >= 0.6 is 11.6 Å². The molecule has 0 bridgehead atoms. The Bertz CT molecular complexity index is 939. The summed E-state index contributed by atoms with van der Waals surface area (Å²) in [6, 6.07) is 14.5. The van der Waals surface area contributed by atoms with Crippen LogP contribution in [-0.2, 0) is 10.0 Å². The summed E-state index contributed by atoms with van der Waals surface area (Å²) >= 11 is 6.06. The van der Waals surface area contributed by atoms with E-state index < -0.39 is 10.0 Å². The number of hydrogen-bond donors (Lipinski definition) is 0. The van der Waals surface area contributed by atoms with Gasteiger partial charge in [0.25, 0.3) is 5.91 Å². The second-order valence-electron chi connectivity index (χ2n) is 6.73. The summed E-state index contributed by atoms with van der Waals surface area (Å²) in [4.78, 5) is 16.8. The molecule has 0 saturated carbocycles. The molecular formula is C20H24ClN3O3S. The normalized spacial score (nSPS) is 14.8. The number of hydrogen-bond acceptors (Lipinski definition) is 4. The number of rotatable bonds is 5. The van der Waals surface area contributed by atoms with Crippen LogP contribution in [0.4, 0.5) is 11.4 Å². The smallest absolute Gasteiger partial charge is 0.253 e. The predicted molar refractivity (Wildman–Crippen MR) is 114 cm³/mol. The maximum Gasteiger partial charge on any atom is 0.253 e.